The molecular weight excluding hydrogens is 687 g/mol. The highest BCUT2D eigenvalue weighted by atomic mass is 31.2. The van der Waals surface area contributed by atoms with E-state index in [0.29, 0.717) is 12.8 Å². The fourth-order valence-corrected chi connectivity index (χ4v) is 7.25. The van der Waals surface area contributed by atoms with E-state index in [-0.39, 0.29) is 19.6 Å². The lowest BCUT2D eigenvalue weighted by molar-refractivity contribution is -0.124. The molecule has 6 N–H and O–H groups in total. The van der Waals surface area contributed by atoms with E-state index in [0.717, 1.165) is 32.1 Å². The maximum Gasteiger partial charge on any atom is 0.472 e. The number of amides is 1. The van der Waals surface area contributed by atoms with Gasteiger partial charge in [0.1, 0.15) is 0 Å². The second-order valence-electron chi connectivity index (χ2n) is 15.1. The highest BCUT2D eigenvalue weighted by Gasteiger charge is 2.27. The lowest BCUT2D eigenvalue weighted by Crippen LogP contribution is -2.46. The predicted octanol–water partition coefficient (Wildman–Crippen LogP) is 11.1. The SMILES string of the molecule is CCCCCCCC/C=C/CC/C=C/C(O)C(COP(=O)(O)OCCN)NC(=O)CC(O)CCCCCCCCCCCCCCCCCCCCC. The summed E-state index contributed by atoms with van der Waals surface area (Å²) in [6.07, 6.45) is 41.3. The zero-order chi connectivity index (χ0) is 39.1. The molecule has 0 saturated heterocycles. The van der Waals surface area contributed by atoms with Gasteiger partial charge in [-0.3, -0.25) is 13.8 Å². The maximum atomic E-state index is 12.8. The Kier molecular flexibility index (Phi) is 38.4. The van der Waals surface area contributed by atoms with E-state index in [1.807, 2.05) is 6.08 Å². The van der Waals surface area contributed by atoms with Crippen LogP contribution in [0.25, 0.3) is 0 Å². The van der Waals surface area contributed by atoms with E-state index >= 15 is 0 Å². The molecule has 53 heavy (non-hydrogen) atoms. The van der Waals surface area contributed by atoms with Gasteiger partial charge in [0, 0.05) is 6.54 Å². The Morgan fingerprint density at radius 2 is 1.08 bits per heavy atom. The fraction of sp³-hybridized carbons (Fsp3) is 0.884. The molecule has 4 atom stereocenters. The van der Waals surface area contributed by atoms with Crippen molar-refractivity contribution in [2.75, 3.05) is 19.8 Å². The topological polar surface area (TPSA) is 151 Å². The number of aliphatic hydroxyl groups excluding tert-OH is 2. The molecule has 0 aromatic rings. The van der Waals surface area contributed by atoms with Crippen LogP contribution in [0.15, 0.2) is 24.3 Å². The molecule has 0 aliphatic heterocycles. The minimum atomic E-state index is -4.40. The van der Waals surface area contributed by atoms with Crippen LogP contribution in [0.2, 0.25) is 0 Å². The molecule has 0 aliphatic rings. The standard InChI is InChI=1S/C43H85N2O7P/c1-3-5-7-9-11-13-15-17-18-19-20-21-22-23-24-26-28-30-32-34-40(46)38-43(48)45-41(39-52-53(49,50)51-37-36-44)42(47)35-33-31-29-27-25-16-14-12-10-8-6-4-2/h25,27,33,35,40-42,46-47H,3-24,26,28-32,34,36-39,44H2,1-2H3,(H,45,48)(H,49,50)/b27-25+,35-33+. The van der Waals surface area contributed by atoms with Crippen LogP contribution < -0.4 is 11.1 Å². The second-order valence-corrected chi connectivity index (χ2v) is 16.5. The third-order valence-electron chi connectivity index (χ3n) is 9.83. The molecule has 0 radical (unpaired) electrons. The molecule has 4 unspecified atom stereocenters. The number of unbranched alkanes of at least 4 members (excludes halogenated alkanes) is 25. The van der Waals surface area contributed by atoms with Gasteiger partial charge in [-0.15, -0.1) is 0 Å². The number of nitrogens with one attached hydrogen (secondary N) is 1. The van der Waals surface area contributed by atoms with Crippen molar-refractivity contribution >= 4 is 13.7 Å². The molecule has 0 spiro atoms. The van der Waals surface area contributed by atoms with E-state index in [1.54, 1.807) is 6.08 Å². The van der Waals surface area contributed by atoms with Crippen molar-refractivity contribution in [3.05, 3.63) is 24.3 Å². The van der Waals surface area contributed by atoms with Crippen molar-refractivity contribution in [1.29, 1.82) is 0 Å². The highest BCUT2D eigenvalue weighted by Crippen LogP contribution is 2.43. The van der Waals surface area contributed by atoms with Gasteiger partial charge in [0.05, 0.1) is 37.9 Å². The van der Waals surface area contributed by atoms with Gasteiger partial charge in [-0.05, 0) is 32.1 Å². The first-order valence-corrected chi connectivity index (χ1v) is 23.5. The number of rotatable bonds is 41. The summed E-state index contributed by atoms with van der Waals surface area (Å²) in [7, 11) is -4.40. The Morgan fingerprint density at radius 1 is 0.642 bits per heavy atom. The van der Waals surface area contributed by atoms with Gasteiger partial charge in [-0.1, -0.05) is 192 Å². The zero-order valence-electron chi connectivity index (χ0n) is 34.4. The average Bonchev–Trinajstić information content (AvgIpc) is 3.13. The fourth-order valence-electron chi connectivity index (χ4n) is 6.49. The van der Waals surface area contributed by atoms with Crippen molar-refractivity contribution in [2.24, 2.45) is 5.73 Å². The van der Waals surface area contributed by atoms with Gasteiger partial charge in [0.15, 0.2) is 0 Å². The van der Waals surface area contributed by atoms with E-state index < -0.39 is 38.6 Å². The first kappa shape index (κ1) is 51.9. The monoisotopic (exact) mass is 773 g/mol. The molecule has 0 heterocycles. The lowest BCUT2D eigenvalue weighted by atomic mass is 10.0. The van der Waals surface area contributed by atoms with Crippen LogP contribution in [0.5, 0.6) is 0 Å². The summed E-state index contributed by atoms with van der Waals surface area (Å²) >= 11 is 0. The smallest absolute Gasteiger partial charge is 0.393 e. The normalized spacial score (nSPS) is 14.9. The van der Waals surface area contributed by atoms with Gasteiger partial charge in [0.2, 0.25) is 5.91 Å². The largest absolute Gasteiger partial charge is 0.472 e. The summed E-state index contributed by atoms with van der Waals surface area (Å²) in [6, 6.07) is -0.994. The van der Waals surface area contributed by atoms with Crippen molar-refractivity contribution in [2.45, 2.75) is 225 Å². The Morgan fingerprint density at radius 3 is 1.57 bits per heavy atom. The molecule has 0 saturated carbocycles. The molecule has 0 aromatic heterocycles. The van der Waals surface area contributed by atoms with Gasteiger partial charge in [-0.2, -0.15) is 0 Å². The molecule has 10 heteroatoms. The first-order chi connectivity index (χ1) is 25.8. The number of hydrogen-bond donors (Lipinski definition) is 5. The number of allylic oxidation sites excluding steroid dienone is 3. The minimum Gasteiger partial charge on any atom is -0.393 e. The van der Waals surface area contributed by atoms with Crippen LogP contribution in [0, 0.1) is 0 Å². The highest BCUT2D eigenvalue weighted by molar-refractivity contribution is 7.47. The van der Waals surface area contributed by atoms with E-state index in [2.05, 4.69) is 31.3 Å². The van der Waals surface area contributed by atoms with E-state index in [9.17, 15) is 24.5 Å². The summed E-state index contributed by atoms with van der Waals surface area (Å²) in [5.41, 5.74) is 5.35. The molecule has 9 nitrogen and oxygen atoms in total. The summed E-state index contributed by atoms with van der Waals surface area (Å²) in [6.45, 7) is 3.94. The van der Waals surface area contributed by atoms with Crippen molar-refractivity contribution in [3.8, 4) is 0 Å². The third-order valence-corrected chi connectivity index (χ3v) is 10.8. The molecule has 0 rings (SSSR count). The van der Waals surface area contributed by atoms with Crippen LogP contribution in [-0.4, -0.2) is 59.0 Å². The van der Waals surface area contributed by atoms with Gasteiger partial charge >= 0.3 is 7.82 Å². The van der Waals surface area contributed by atoms with Gasteiger partial charge in [-0.25, -0.2) is 4.57 Å². The van der Waals surface area contributed by atoms with Gasteiger partial charge in [0.25, 0.3) is 0 Å². The Balaban J connectivity index is 4.25. The quantitative estimate of drug-likeness (QED) is 0.0234. The van der Waals surface area contributed by atoms with Crippen LogP contribution >= 0.6 is 7.82 Å². The number of carbonyl (C=O) groups is 1. The summed E-state index contributed by atoms with van der Waals surface area (Å²) in [5.74, 6) is -0.454. The van der Waals surface area contributed by atoms with Crippen molar-refractivity contribution in [3.63, 3.8) is 0 Å². The van der Waals surface area contributed by atoms with Crippen molar-refractivity contribution in [1.82, 2.24) is 5.32 Å². The number of aliphatic hydroxyl groups is 2. The number of hydrogen-bond acceptors (Lipinski definition) is 7. The van der Waals surface area contributed by atoms with Crippen LogP contribution in [0.3, 0.4) is 0 Å². The molecule has 0 bridgehead atoms. The average molecular weight is 773 g/mol. The summed E-state index contributed by atoms with van der Waals surface area (Å²) in [5, 5.41) is 24.0. The molecular formula is C43H85N2O7P. The van der Waals surface area contributed by atoms with Crippen LogP contribution in [0.1, 0.15) is 206 Å². The lowest BCUT2D eigenvalue weighted by Gasteiger charge is -2.24. The number of phosphoric ester groups is 1. The van der Waals surface area contributed by atoms with Crippen molar-refractivity contribution < 1.29 is 33.5 Å². The van der Waals surface area contributed by atoms with Crippen LogP contribution in [-0.2, 0) is 18.4 Å². The Bertz CT molecular complexity index is 904. The number of nitrogens with two attached hydrogens (primary N) is 1. The number of carbonyl (C=O) groups excluding carboxylic acids is 1. The second kappa shape index (κ2) is 39.2. The molecule has 0 aliphatic carbocycles. The molecule has 1 amide bonds. The summed E-state index contributed by atoms with van der Waals surface area (Å²) in [4.78, 5) is 22.7. The number of phosphoric acid groups is 1. The maximum absolute atomic E-state index is 12.8. The Labute approximate surface area is 326 Å². The third kappa shape index (κ3) is 37.6. The summed E-state index contributed by atoms with van der Waals surface area (Å²) < 4.78 is 22.0. The molecule has 314 valence electrons. The predicted molar refractivity (Wildman–Crippen MR) is 223 cm³/mol. The molecule has 0 fully saturated rings. The zero-order valence-corrected chi connectivity index (χ0v) is 35.3. The first-order valence-electron chi connectivity index (χ1n) is 22.0. The van der Waals surface area contributed by atoms with Gasteiger partial charge < -0.3 is 26.2 Å². The Hall–Kier alpha value is -1.06. The molecule has 0 aromatic carbocycles. The van der Waals surface area contributed by atoms with Crippen LogP contribution in [0.4, 0.5) is 0 Å². The van der Waals surface area contributed by atoms with E-state index in [4.69, 9.17) is 14.8 Å². The minimum absolute atomic E-state index is 0.0459. The van der Waals surface area contributed by atoms with E-state index in [1.165, 1.54) is 141 Å².